The van der Waals surface area contributed by atoms with Crippen molar-refractivity contribution in [1.82, 2.24) is 5.32 Å². The van der Waals surface area contributed by atoms with E-state index in [0.717, 1.165) is 6.07 Å². The van der Waals surface area contributed by atoms with Crippen molar-refractivity contribution in [3.05, 3.63) is 59.4 Å². The molecular formula is C17H16F3NO3. The van der Waals surface area contributed by atoms with Crippen molar-refractivity contribution in [2.24, 2.45) is 0 Å². The Bertz CT molecular complexity index is 705. The summed E-state index contributed by atoms with van der Waals surface area (Å²) < 4.78 is 50.1. The van der Waals surface area contributed by atoms with Crippen LogP contribution in [0.25, 0.3) is 0 Å². The lowest BCUT2D eigenvalue weighted by Gasteiger charge is -2.09. The van der Waals surface area contributed by atoms with Gasteiger partial charge in [-0.15, -0.1) is 0 Å². The van der Waals surface area contributed by atoms with Gasteiger partial charge in [-0.2, -0.15) is 0 Å². The third-order valence-corrected chi connectivity index (χ3v) is 3.07. The molecule has 1 amide bonds. The summed E-state index contributed by atoms with van der Waals surface area (Å²) in [5, 5.41) is 2.37. The summed E-state index contributed by atoms with van der Waals surface area (Å²) in [5.74, 6) is -4.09. The van der Waals surface area contributed by atoms with Gasteiger partial charge in [-0.25, -0.2) is 13.2 Å². The highest BCUT2D eigenvalue weighted by Gasteiger charge is 2.18. The average molecular weight is 339 g/mol. The number of ether oxygens (including phenoxy) is 2. The molecule has 0 saturated heterocycles. The van der Waals surface area contributed by atoms with Crippen LogP contribution in [0.5, 0.6) is 11.5 Å². The first-order valence-corrected chi connectivity index (χ1v) is 7.30. The van der Waals surface area contributed by atoms with Crippen LogP contribution in [-0.2, 0) is 0 Å². The molecule has 0 fully saturated rings. The molecule has 1 N–H and O–H groups in total. The molecule has 7 heteroatoms. The minimum Gasteiger partial charge on any atom is -0.494 e. The van der Waals surface area contributed by atoms with Gasteiger partial charge in [-0.05, 0) is 43.3 Å². The van der Waals surface area contributed by atoms with E-state index in [1.807, 2.05) is 6.92 Å². The number of halogens is 3. The topological polar surface area (TPSA) is 47.6 Å². The van der Waals surface area contributed by atoms with E-state index in [1.54, 1.807) is 24.3 Å². The third kappa shape index (κ3) is 4.41. The second-order valence-electron chi connectivity index (χ2n) is 4.73. The first-order valence-electron chi connectivity index (χ1n) is 7.30. The van der Waals surface area contributed by atoms with E-state index in [-0.39, 0.29) is 13.2 Å². The number of hydrogen-bond acceptors (Lipinski definition) is 3. The minimum absolute atomic E-state index is 0.0739. The maximum absolute atomic E-state index is 13.5. The van der Waals surface area contributed by atoms with Crippen molar-refractivity contribution in [3.8, 4) is 11.5 Å². The van der Waals surface area contributed by atoms with E-state index >= 15 is 0 Å². The lowest BCUT2D eigenvalue weighted by Crippen LogP contribution is -2.29. The molecule has 0 aliphatic carbocycles. The summed E-state index contributed by atoms with van der Waals surface area (Å²) in [4.78, 5) is 11.7. The van der Waals surface area contributed by atoms with Crippen molar-refractivity contribution in [1.29, 1.82) is 0 Å². The molecule has 2 aromatic carbocycles. The van der Waals surface area contributed by atoms with E-state index in [1.165, 1.54) is 0 Å². The molecule has 0 unspecified atom stereocenters. The number of amides is 1. The zero-order chi connectivity index (χ0) is 17.5. The van der Waals surface area contributed by atoms with Gasteiger partial charge in [0.2, 0.25) is 0 Å². The second kappa shape index (κ2) is 8.24. The Balaban J connectivity index is 1.82. The van der Waals surface area contributed by atoms with Gasteiger partial charge < -0.3 is 14.8 Å². The highest BCUT2D eigenvalue weighted by Crippen LogP contribution is 2.17. The van der Waals surface area contributed by atoms with E-state index in [0.29, 0.717) is 24.2 Å². The van der Waals surface area contributed by atoms with Gasteiger partial charge in [-0.1, -0.05) is 0 Å². The Hall–Kier alpha value is -2.70. The van der Waals surface area contributed by atoms with Crippen LogP contribution in [0.1, 0.15) is 17.3 Å². The Morgan fingerprint density at radius 1 is 0.958 bits per heavy atom. The van der Waals surface area contributed by atoms with Gasteiger partial charge in [0.15, 0.2) is 17.5 Å². The van der Waals surface area contributed by atoms with Gasteiger partial charge in [0.05, 0.1) is 18.7 Å². The molecule has 0 spiro atoms. The summed E-state index contributed by atoms with van der Waals surface area (Å²) in [6.07, 6.45) is 0. The average Bonchev–Trinajstić information content (AvgIpc) is 2.58. The van der Waals surface area contributed by atoms with Crippen LogP contribution < -0.4 is 14.8 Å². The van der Waals surface area contributed by atoms with Crippen molar-refractivity contribution in [3.63, 3.8) is 0 Å². The molecule has 0 heterocycles. The van der Waals surface area contributed by atoms with Crippen LogP contribution in [0.2, 0.25) is 0 Å². The van der Waals surface area contributed by atoms with Crippen molar-refractivity contribution < 1.29 is 27.4 Å². The van der Waals surface area contributed by atoms with Gasteiger partial charge >= 0.3 is 0 Å². The maximum atomic E-state index is 13.5. The first kappa shape index (κ1) is 17.7. The Labute approximate surface area is 137 Å². The molecule has 0 aliphatic heterocycles. The molecule has 0 aliphatic rings. The molecule has 0 aromatic heterocycles. The summed E-state index contributed by atoms with van der Waals surface area (Å²) in [7, 11) is 0. The van der Waals surface area contributed by atoms with Crippen molar-refractivity contribution >= 4 is 5.91 Å². The summed E-state index contributed by atoms with van der Waals surface area (Å²) in [6.45, 7) is 2.64. The minimum atomic E-state index is -1.67. The quantitative estimate of drug-likeness (QED) is 0.622. The van der Waals surface area contributed by atoms with Gasteiger partial charge in [0, 0.05) is 0 Å². The van der Waals surface area contributed by atoms with E-state index < -0.39 is 28.9 Å². The summed E-state index contributed by atoms with van der Waals surface area (Å²) >= 11 is 0. The molecule has 0 saturated carbocycles. The molecule has 128 valence electrons. The van der Waals surface area contributed by atoms with Crippen LogP contribution in [0.15, 0.2) is 36.4 Å². The highest BCUT2D eigenvalue weighted by molar-refractivity contribution is 5.94. The van der Waals surface area contributed by atoms with E-state index in [9.17, 15) is 18.0 Å². The fourth-order valence-electron chi connectivity index (χ4n) is 1.93. The predicted molar refractivity (Wildman–Crippen MR) is 81.8 cm³/mol. The largest absolute Gasteiger partial charge is 0.494 e. The highest BCUT2D eigenvalue weighted by atomic mass is 19.2. The standard InChI is InChI=1S/C17H16F3NO3/c1-2-23-11-3-5-12(6-4-11)24-10-9-21-17(22)13-7-8-14(18)16(20)15(13)19/h3-8H,2,9-10H2,1H3,(H,21,22). The second-order valence-corrected chi connectivity index (χ2v) is 4.73. The normalized spacial score (nSPS) is 10.3. The predicted octanol–water partition coefficient (Wildman–Crippen LogP) is 3.31. The number of benzene rings is 2. The number of hydrogen-bond donors (Lipinski definition) is 1. The molecule has 4 nitrogen and oxygen atoms in total. The lowest BCUT2D eigenvalue weighted by atomic mass is 10.2. The zero-order valence-electron chi connectivity index (χ0n) is 12.9. The SMILES string of the molecule is CCOc1ccc(OCCNC(=O)c2ccc(F)c(F)c2F)cc1. The Kier molecular flexibility index (Phi) is 6.06. The molecule has 0 atom stereocenters. The third-order valence-electron chi connectivity index (χ3n) is 3.07. The molecule has 2 rings (SSSR count). The molecule has 0 bridgehead atoms. The first-order chi connectivity index (χ1) is 11.5. The van der Waals surface area contributed by atoms with Crippen LogP contribution in [0, 0.1) is 17.5 Å². The van der Waals surface area contributed by atoms with Crippen molar-refractivity contribution in [2.75, 3.05) is 19.8 Å². The fourth-order valence-corrected chi connectivity index (χ4v) is 1.93. The van der Waals surface area contributed by atoms with Crippen LogP contribution >= 0.6 is 0 Å². The van der Waals surface area contributed by atoms with E-state index in [4.69, 9.17) is 9.47 Å². The smallest absolute Gasteiger partial charge is 0.254 e. The summed E-state index contributed by atoms with van der Waals surface area (Å²) in [6, 6.07) is 8.49. The molecular weight excluding hydrogens is 323 g/mol. The van der Waals surface area contributed by atoms with Crippen LogP contribution in [0.4, 0.5) is 13.2 Å². The number of rotatable bonds is 7. The van der Waals surface area contributed by atoms with Gasteiger partial charge in [-0.3, -0.25) is 4.79 Å². The zero-order valence-corrected chi connectivity index (χ0v) is 12.9. The molecule has 2 aromatic rings. The Morgan fingerprint density at radius 2 is 1.58 bits per heavy atom. The van der Waals surface area contributed by atoms with Crippen LogP contribution in [0.3, 0.4) is 0 Å². The maximum Gasteiger partial charge on any atom is 0.254 e. The monoisotopic (exact) mass is 339 g/mol. The van der Waals surface area contributed by atoms with E-state index in [2.05, 4.69) is 5.32 Å². The number of nitrogens with one attached hydrogen (secondary N) is 1. The molecule has 24 heavy (non-hydrogen) atoms. The van der Waals surface area contributed by atoms with Crippen LogP contribution in [-0.4, -0.2) is 25.7 Å². The lowest BCUT2D eigenvalue weighted by molar-refractivity contribution is 0.0941. The van der Waals surface area contributed by atoms with Crippen molar-refractivity contribution in [2.45, 2.75) is 6.92 Å². The number of carbonyl (C=O) groups excluding carboxylic acids is 1. The fraction of sp³-hybridized carbons (Fsp3) is 0.235. The summed E-state index contributed by atoms with van der Waals surface area (Å²) in [5.41, 5.74) is -0.560. The van der Waals surface area contributed by atoms with Gasteiger partial charge in [0.25, 0.3) is 5.91 Å². The molecule has 0 radical (unpaired) electrons. The number of carbonyl (C=O) groups is 1. The van der Waals surface area contributed by atoms with Gasteiger partial charge in [0.1, 0.15) is 18.1 Å². The Morgan fingerprint density at radius 3 is 2.21 bits per heavy atom.